The van der Waals surface area contributed by atoms with Crippen LogP contribution in [-0.4, -0.2) is 36.7 Å². The van der Waals surface area contributed by atoms with Crippen molar-refractivity contribution in [3.63, 3.8) is 0 Å². The first-order chi connectivity index (χ1) is 14.9. The number of hydrogen-bond acceptors (Lipinski definition) is 3. The number of ether oxygens (including phenoxy) is 1. The van der Waals surface area contributed by atoms with Crippen LogP contribution in [-0.2, 0) is 11.2 Å². The molecular weight excluding hydrogens is 391 g/mol. The van der Waals surface area contributed by atoms with E-state index in [0.29, 0.717) is 5.92 Å². The summed E-state index contributed by atoms with van der Waals surface area (Å²) in [5, 5.41) is 3.22. The fourth-order valence-corrected chi connectivity index (χ4v) is 5.54. The summed E-state index contributed by atoms with van der Waals surface area (Å²) in [6.07, 6.45) is 3.92. The van der Waals surface area contributed by atoms with Gasteiger partial charge in [-0.25, -0.2) is 9.18 Å². The average molecular weight is 423 g/mol. The number of hydrogen-bond donors (Lipinski definition) is 1. The van der Waals surface area contributed by atoms with E-state index in [1.54, 1.807) is 12.1 Å². The standard InChI is InChI=1S/C26H31FN2O2/c1-26(2)12-9-18-3-4-20(17-5-7-21(27)8-6-17)15-22(18)24(26)28-25(30)31-23-16-29-13-10-19(23)11-14-29/h3-8,15,19,23-24H,9-14,16H2,1-2H3,(H,28,30)/t23-,24?/m0/s1. The predicted octanol–water partition coefficient (Wildman–Crippen LogP) is 5.33. The van der Waals surface area contributed by atoms with E-state index in [9.17, 15) is 9.18 Å². The van der Waals surface area contributed by atoms with Crippen molar-refractivity contribution >= 4 is 6.09 Å². The van der Waals surface area contributed by atoms with Crippen molar-refractivity contribution in [2.45, 2.75) is 51.7 Å². The van der Waals surface area contributed by atoms with Crippen LogP contribution >= 0.6 is 0 Å². The lowest BCUT2D eigenvalue weighted by atomic mass is 9.70. The Morgan fingerprint density at radius 3 is 2.48 bits per heavy atom. The predicted molar refractivity (Wildman–Crippen MR) is 119 cm³/mol. The summed E-state index contributed by atoms with van der Waals surface area (Å²) in [4.78, 5) is 15.3. The summed E-state index contributed by atoms with van der Waals surface area (Å²) >= 11 is 0. The van der Waals surface area contributed by atoms with Crippen LogP contribution in [0.4, 0.5) is 9.18 Å². The van der Waals surface area contributed by atoms with Crippen molar-refractivity contribution in [2.75, 3.05) is 19.6 Å². The molecule has 0 aromatic heterocycles. The summed E-state index contributed by atoms with van der Waals surface area (Å²) < 4.78 is 19.3. The number of carbonyl (C=O) groups is 1. The molecule has 2 aromatic rings. The highest BCUT2D eigenvalue weighted by molar-refractivity contribution is 5.70. The third kappa shape index (κ3) is 4.08. The van der Waals surface area contributed by atoms with E-state index in [4.69, 9.17) is 4.74 Å². The molecule has 1 unspecified atom stereocenters. The van der Waals surface area contributed by atoms with Gasteiger partial charge in [-0.05, 0) is 90.6 Å². The number of nitrogens with zero attached hydrogens (tertiary/aromatic N) is 1. The smallest absolute Gasteiger partial charge is 0.407 e. The molecule has 3 heterocycles. The van der Waals surface area contributed by atoms with E-state index >= 15 is 0 Å². The molecule has 0 radical (unpaired) electrons. The zero-order valence-electron chi connectivity index (χ0n) is 18.4. The monoisotopic (exact) mass is 422 g/mol. The van der Waals surface area contributed by atoms with Gasteiger partial charge in [0, 0.05) is 6.54 Å². The number of nitrogens with one attached hydrogen (secondary N) is 1. The van der Waals surface area contributed by atoms with Gasteiger partial charge in [0.1, 0.15) is 11.9 Å². The lowest BCUT2D eigenvalue weighted by molar-refractivity contribution is -0.0353. The molecule has 4 nitrogen and oxygen atoms in total. The molecule has 3 saturated heterocycles. The van der Waals surface area contributed by atoms with Crippen LogP contribution in [0.3, 0.4) is 0 Å². The van der Waals surface area contributed by atoms with Gasteiger partial charge < -0.3 is 10.1 Å². The second-order valence-electron chi connectivity index (χ2n) is 10.1. The fourth-order valence-electron chi connectivity index (χ4n) is 5.54. The van der Waals surface area contributed by atoms with Crippen molar-refractivity contribution in [2.24, 2.45) is 11.3 Å². The van der Waals surface area contributed by atoms with E-state index in [0.717, 1.165) is 62.0 Å². The van der Waals surface area contributed by atoms with Crippen LogP contribution in [0.2, 0.25) is 0 Å². The van der Waals surface area contributed by atoms with Gasteiger partial charge in [0.2, 0.25) is 0 Å². The molecule has 31 heavy (non-hydrogen) atoms. The molecule has 1 aliphatic carbocycles. The number of alkyl carbamates (subject to hydrolysis) is 1. The maximum atomic E-state index is 13.4. The minimum atomic E-state index is -0.308. The molecule has 1 amide bonds. The maximum Gasteiger partial charge on any atom is 0.407 e. The number of amides is 1. The average Bonchev–Trinajstić information content (AvgIpc) is 2.77. The first-order valence-electron chi connectivity index (χ1n) is 11.5. The quantitative estimate of drug-likeness (QED) is 0.727. The van der Waals surface area contributed by atoms with Crippen LogP contribution in [0.1, 0.15) is 50.3 Å². The topological polar surface area (TPSA) is 41.6 Å². The summed E-state index contributed by atoms with van der Waals surface area (Å²) in [5.74, 6) is 0.255. The maximum absolute atomic E-state index is 13.4. The number of aryl methyl sites for hydroxylation is 1. The molecule has 2 aromatic carbocycles. The zero-order valence-corrected chi connectivity index (χ0v) is 18.4. The first-order valence-corrected chi connectivity index (χ1v) is 11.5. The molecule has 3 fully saturated rings. The van der Waals surface area contributed by atoms with Crippen molar-refractivity contribution in [1.29, 1.82) is 0 Å². The van der Waals surface area contributed by atoms with Crippen LogP contribution in [0, 0.1) is 17.2 Å². The number of carbonyl (C=O) groups excluding carboxylic acids is 1. The highest BCUT2D eigenvalue weighted by Crippen LogP contribution is 2.44. The fraction of sp³-hybridized carbons (Fsp3) is 0.500. The van der Waals surface area contributed by atoms with Crippen molar-refractivity contribution in [1.82, 2.24) is 10.2 Å². The van der Waals surface area contributed by atoms with Gasteiger partial charge >= 0.3 is 6.09 Å². The largest absolute Gasteiger partial charge is 0.445 e. The number of piperidine rings is 3. The van der Waals surface area contributed by atoms with Gasteiger partial charge in [0.25, 0.3) is 0 Å². The molecule has 1 N–H and O–H groups in total. The Balaban J connectivity index is 1.38. The second-order valence-corrected chi connectivity index (χ2v) is 10.1. The van der Waals surface area contributed by atoms with E-state index < -0.39 is 0 Å². The van der Waals surface area contributed by atoms with Gasteiger partial charge in [-0.2, -0.15) is 0 Å². The molecule has 164 valence electrons. The second kappa shape index (κ2) is 7.94. The normalized spacial score (nSPS) is 28.6. The highest BCUT2D eigenvalue weighted by Gasteiger charge is 2.40. The molecule has 5 heteroatoms. The number of fused-ring (bicyclic) bond motifs is 4. The number of rotatable bonds is 3. The van der Waals surface area contributed by atoms with E-state index in [1.807, 2.05) is 0 Å². The van der Waals surface area contributed by atoms with Crippen LogP contribution in [0.25, 0.3) is 11.1 Å². The Hall–Kier alpha value is -2.40. The summed E-state index contributed by atoms with van der Waals surface area (Å²) in [5.41, 5.74) is 4.33. The molecule has 2 atom stereocenters. The Labute approximate surface area is 183 Å². The molecule has 4 aliphatic rings. The Morgan fingerprint density at radius 1 is 1.10 bits per heavy atom. The van der Waals surface area contributed by atoms with E-state index in [-0.39, 0.29) is 29.5 Å². The Bertz CT molecular complexity index is 964. The number of halogens is 1. The van der Waals surface area contributed by atoms with Crippen molar-refractivity contribution in [3.05, 3.63) is 59.4 Å². The Morgan fingerprint density at radius 2 is 1.81 bits per heavy atom. The third-order valence-electron chi connectivity index (χ3n) is 7.57. The van der Waals surface area contributed by atoms with Crippen LogP contribution in [0.15, 0.2) is 42.5 Å². The van der Waals surface area contributed by atoms with Crippen molar-refractivity contribution in [3.8, 4) is 11.1 Å². The summed E-state index contributed by atoms with van der Waals surface area (Å²) in [7, 11) is 0. The molecule has 0 spiro atoms. The minimum Gasteiger partial charge on any atom is -0.445 e. The molecule has 3 aliphatic heterocycles. The molecular formula is C26H31FN2O2. The number of benzene rings is 2. The lowest BCUT2D eigenvalue weighted by Gasteiger charge is -2.44. The lowest BCUT2D eigenvalue weighted by Crippen LogP contribution is -2.53. The van der Waals surface area contributed by atoms with E-state index in [1.165, 1.54) is 17.7 Å². The van der Waals surface area contributed by atoms with Crippen LogP contribution < -0.4 is 5.32 Å². The van der Waals surface area contributed by atoms with Gasteiger partial charge in [0.05, 0.1) is 6.04 Å². The SMILES string of the molecule is CC1(C)CCc2ccc(-c3ccc(F)cc3)cc2C1NC(=O)O[C@H]1CN2CCC1CC2. The van der Waals surface area contributed by atoms with Gasteiger partial charge in [-0.15, -0.1) is 0 Å². The van der Waals surface area contributed by atoms with Gasteiger partial charge in [-0.1, -0.05) is 38.1 Å². The van der Waals surface area contributed by atoms with Crippen LogP contribution in [0.5, 0.6) is 0 Å². The summed E-state index contributed by atoms with van der Waals surface area (Å²) in [6, 6.07) is 12.8. The van der Waals surface area contributed by atoms with Gasteiger partial charge in [0.15, 0.2) is 0 Å². The van der Waals surface area contributed by atoms with Crippen molar-refractivity contribution < 1.29 is 13.9 Å². The summed E-state index contributed by atoms with van der Waals surface area (Å²) in [6.45, 7) is 7.53. The zero-order chi connectivity index (χ0) is 21.6. The molecule has 6 rings (SSSR count). The van der Waals surface area contributed by atoms with Gasteiger partial charge in [-0.3, -0.25) is 4.90 Å². The first kappa shape index (κ1) is 20.5. The minimum absolute atomic E-state index is 0.000720. The van der Waals surface area contributed by atoms with E-state index in [2.05, 4.69) is 42.3 Å². The Kier molecular flexibility index (Phi) is 5.25. The molecule has 0 saturated carbocycles. The molecule has 2 bridgehead atoms. The highest BCUT2D eigenvalue weighted by atomic mass is 19.1. The third-order valence-corrected chi connectivity index (χ3v) is 7.57.